The second-order valence-electron chi connectivity index (χ2n) is 3.81. The number of nitrogens with one attached hydrogen (secondary N) is 1. The minimum absolute atomic E-state index is 0.0250. The third-order valence-electron chi connectivity index (χ3n) is 2.54. The van der Waals surface area contributed by atoms with E-state index in [9.17, 15) is 0 Å². The van der Waals surface area contributed by atoms with Gasteiger partial charge in [0, 0.05) is 6.54 Å². The van der Waals surface area contributed by atoms with Gasteiger partial charge in [-0.3, -0.25) is 0 Å². The average molecular weight is 248 g/mol. The molecular formula is C14H14ClNO. The Kier molecular flexibility index (Phi) is 4.02. The lowest BCUT2D eigenvalue weighted by molar-refractivity contribution is 0.282. The van der Waals surface area contributed by atoms with Crippen molar-refractivity contribution in [2.75, 3.05) is 5.32 Å². The summed E-state index contributed by atoms with van der Waals surface area (Å²) in [6, 6.07) is 15.6. The topological polar surface area (TPSA) is 32.3 Å². The van der Waals surface area contributed by atoms with Crippen molar-refractivity contribution >= 4 is 17.3 Å². The summed E-state index contributed by atoms with van der Waals surface area (Å²) in [7, 11) is 0. The molecule has 2 nitrogen and oxygen atoms in total. The van der Waals surface area contributed by atoms with E-state index < -0.39 is 0 Å². The maximum Gasteiger partial charge on any atom is 0.0682 e. The maximum atomic E-state index is 9.07. The Hall–Kier alpha value is -1.51. The smallest absolute Gasteiger partial charge is 0.0682 e. The van der Waals surface area contributed by atoms with Crippen molar-refractivity contribution in [3.05, 3.63) is 64.7 Å². The zero-order chi connectivity index (χ0) is 12.1. The summed E-state index contributed by atoms with van der Waals surface area (Å²) in [5, 5.41) is 13.0. The first-order valence-corrected chi connectivity index (χ1v) is 5.84. The lowest BCUT2D eigenvalue weighted by atomic mass is 10.2. The van der Waals surface area contributed by atoms with E-state index in [-0.39, 0.29) is 6.61 Å². The van der Waals surface area contributed by atoms with Gasteiger partial charge in [-0.1, -0.05) is 48.0 Å². The highest BCUT2D eigenvalue weighted by Crippen LogP contribution is 2.23. The number of benzene rings is 2. The van der Waals surface area contributed by atoms with Gasteiger partial charge < -0.3 is 10.4 Å². The van der Waals surface area contributed by atoms with E-state index in [1.165, 1.54) is 5.56 Å². The molecule has 0 radical (unpaired) electrons. The van der Waals surface area contributed by atoms with Crippen LogP contribution in [0.2, 0.25) is 5.02 Å². The summed E-state index contributed by atoms with van der Waals surface area (Å²) in [6.07, 6.45) is 0. The van der Waals surface area contributed by atoms with E-state index >= 15 is 0 Å². The van der Waals surface area contributed by atoms with Crippen molar-refractivity contribution < 1.29 is 5.11 Å². The van der Waals surface area contributed by atoms with Crippen molar-refractivity contribution in [1.82, 2.24) is 0 Å². The van der Waals surface area contributed by atoms with Crippen LogP contribution in [0.5, 0.6) is 0 Å². The Bertz CT molecular complexity index is 485. The highest BCUT2D eigenvalue weighted by molar-refractivity contribution is 6.33. The van der Waals surface area contributed by atoms with Gasteiger partial charge in [0.2, 0.25) is 0 Å². The third kappa shape index (κ3) is 3.22. The second kappa shape index (κ2) is 5.71. The van der Waals surface area contributed by atoms with Crippen LogP contribution >= 0.6 is 11.6 Å². The molecule has 88 valence electrons. The molecule has 17 heavy (non-hydrogen) atoms. The number of aliphatic hydroxyl groups is 1. The van der Waals surface area contributed by atoms with Crippen molar-refractivity contribution in [3.8, 4) is 0 Å². The van der Waals surface area contributed by atoms with Crippen LogP contribution < -0.4 is 5.32 Å². The van der Waals surface area contributed by atoms with Crippen LogP contribution in [0.25, 0.3) is 0 Å². The zero-order valence-electron chi connectivity index (χ0n) is 9.36. The van der Waals surface area contributed by atoms with E-state index in [0.717, 1.165) is 17.8 Å². The number of halogens is 1. The molecule has 0 saturated carbocycles. The summed E-state index contributed by atoms with van der Waals surface area (Å²) in [5.41, 5.74) is 2.89. The summed E-state index contributed by atoms with van der Waals surface area (Å²) < 4.78 is 0. The predicted molar refractivity (Wildman–Crippen MR) is 71.1 cm³/mol. The molecule has 2 N–H and O–H groups in total. The first kappa shape index (κ1) is 12.0. The first-order chi connectivity index (χ1) is 8.29. The average Bonchev–Trinajstić information content (AvgIpc) is 2.39. The minimum Gasteiger partial charge on any atom is -0.392 e. The van der Waals surface area contributed by atoms with Gasteiger partial charge in [0.25, 0.3) is 0 Å². The highest BCUT2D eigenvalue weighted by atomic mass is 35.5. The van der Waals surface area contributed by atoms with E-state index in [4.69, 9.17) is 16.7 Å². The fraction of sp³-hybridized carbons (Fsp3) is 0.143. The number of aliphatic hydroxyl groups excluding tert-OH is 1. The molecule has 0 aliphatic carbocycles. The van der Waals surface area contributed by atoms with Gasteiger partial charge in [-0.2, -0.15) is 0 Å². The van der Waals surface area contributed by atoms with Crippen molar-refractivity contribution in [1.29, 1.82) is 0 Å². The molecule has 3 heteroatoms. The summed E-state index contributed by atoms with van der Waals surface area (Å²) in [4.78, 5) is 0. The van der Waals surface area contributed by atoms with E-state index in [0.29, 0.717) is 5.02 Å². The Morgan fingerprint density at radius 2 is 1.76 bits per heavy atom. The van der Waals surface area contributed by atoms with Crippen LogP contribution in [0.4, 0.5) is 5.69 Å². The predicted octanol–water partition coefficient (Wildman–Crippen LogP) is 3.44. The Labute approximate surface area is 106 Å². The fourth-order valence-corrected chi connectivity index (χ4v) is 1.78. The molecule has 0 amide bonds. The molecule has 2 aromatic rings. The van der Waals surface area contributed by atoms with Crippen LogP contribution in [-0.4, -0.2) is 5.11 Å². The van der Waals surface area contributed by atoms with E-state index in [2.05, 4.69) is 17.4 Å². The Morgan fingerprint density at radius 3 is 2.47 bits per heavy atom. The Morgan fingerprint density at radius 1 is 1.00 bits per heavy atom. The van der Waals surface area contributed by atoms with Crippen LogP contribution in [0.1, 0.15) is 11.1 Å². The molecule has 0 fully saturated rings. The minimum atomic E-state index is 0.0250. The lowest BCUT2D eigenvalue weighted by Crippen LogP contribution is -2.00. The summed E-state index contributed by atoms with van der Waals surface area (Å²) in [5.74, 6) is 0. The molecule has 0 aliphatic heterocycles. The van der Waals surface area contributed by atoms with Gasteiger partial charge in [-0.05, 0) is 23.3 Å². The van der Waals surface area contributed by atoms with Crippen LogP contribution in [-0.2, 0) is 13.2 Å². The van der Waals surface area contributed by atoms with Crippen LogP contribution in [0.15, 0.2) is 48.5 Å². The molecule has 0 spiro atoms. The van der Waals surface area contributed by atoms with Gasteiger partial charge in [-0.25, -0.2) is 0 Å². The molecule has 0 heterocycles. The standard InChI is InChI=1S/C14H14ClNO/c15-13-7-6-12(10-17)8-14(13)16-9-11-4-2-1-3-5-11/h1-8,16-17H,9-10H2. The van der Waals surface area contributed by atoms with Gasteiger partial charge >= 0.3 is 0 Å². The molecule has 2 rings (SSSR count). The maximum absolute atomic E-state index is 9.07. The van der Waals surface area contributed by atoms with Crippen molar-refractivity contribution in [2.24, 2.45) is 0 Å². The second-order valence-corrected chi connectivity index (χ2v) is 4.22. The fourth-order valence-electron chi connectivity index (χ4n) is 1.60. The van der Waals surface area contributed by atoms with E-state index in [1.54, 1.807) is 6.07 Å². The Balaban J connectivity index is 2.08. The van der Waals surface area contributed by atoms with Crippen LogP contribution in [0, 0.1) is 0 Å². The third-order valence-corrected chi connectivity index (χ3v) is 2.87. The van der Waals surface area contributed by atoms with Gasteiger partial charge in [-0.15, -0.1) is 0 Å². The first-order valence-electron chi connectivity index (χ1n) is 5.46. The highest BCUT2D eigenvalue weighted by Gasteiger charge is 2.01. The normalized spacial score (nSPS) is 10.2. The molecule has 0 aromatic heterocycles. The van der Waals surface area contributed by atoms with Gasteiger partial charge in [0.05, 0.1) is 17.3 Å². The zero-order valence-corrected chi connectivity index (χ0v) is 10.1. The number of rotatable bonds is 4. The van der Waals surface area contributed by atoms with Crippen molar-refractivity contribution in [3.63, 3.8) is 0 Å². The molecule has 0 bridgehead atoms. The van der Waals surface area contributed by atoms with Gasteiger partial charge in [0.1, 0.15) is 0 Å². The molecular weight excluding hydrogens is 234 g/mol. The van der Waals surface area contributed by atoms with Crippen LogP contribution in [0.3, 0.4) is 0 Å². The lowest BCUT2D eigenvalue weighted by Gasteiger charge is -2.09. The SMILES string of the molecule is OCc1ccc(Cl)c(NCc2ccccc2)c1. The molecule has 0 unspecified atom stereocenters. The molecule has 2 aromatic carbocycles. The van der Waals surface area contributed by atoms with E-state index in [1.807, 2.05) is 30.3 Å². The summed E-state index contributed by atoms with van der Waals surface area (Å²) in [6.45, 7) is 0.743. The molecule has 0 atom stereocenters. The number of hydrogen-bond donors (Lipinski definition) is 2. The quantitative estimate of drug-likeness (QED) is 0.868. The number of anilines is 1. The number of hydrogen-bond acceptors (Lipinski definition) is 2. The van der Waals surface area contributed by atoms with Gasteiger partial charge in [0.15, 0.2) is 0 Å². The molecule has 0 aliphatic rings. The molecule has 0 saturated heterocycles. The summed E-state index contributed by atoms with van der Waals surface area (Å²) >= 11 is 6.08. The monoisotopic (exact) mass is 247 g/mol. The van der Waals surface area contributed by atoms with Crippen molar-refractivity contribution in [2.45, 2.75) is 13.2 Å². The largest absolute Gasteiger partial charge is 0.392 e.